The molecular weight excluding hydrogens is 312 g/mol. The van der Waals surface area contributed by atoms with E-state index in [9.17, 15) is 4.79 Å². The van der Waals surface area contributed by atoms with Gasteiger partial charge in [0.15, 0.2) is 0 Å². The van der Waals surface area contributed by atoms with Crippen molar-refractivity contribution < 1.29 is 4.79 Å². The SMILES string of the molecule is Cl.O=C(NC1C2CNCC21)c1csc(Br)c1. The summed E-state index contributed by atoms with van der Waals surface area (Å²) in [7, 11) is 0. The molecule has 2 heterocycles. The van der Waals surface area contributed by atoms with Crippen LogP contribution < -0.4 is 10.6 Å². The number of hydrogen-bond donors (Lipinski definition) is 2. The Hall–Kier alpha value is -0.100. The summed E-state index contributed by atoms with van der Waals surface area (Å²) in [4.78, 5) is 11.8. The number of halogens is 2. The van der Waals surface area contributed by atoms with Gasteiger partial charge in [0.25, 0.3) is 5.91 Å². The molecule has 1 aromatic heterocycles. The first-order valence-electron chi connectivity index (χ1n) is 5.01. The zero-order chi connectivity index (χ0) is 10.4. The van der Waals surface area contributed by atoms with Gasteiger partial charge in [0.1, 0.15) is 0 Å². The van der Waals surface area contributed by atoms with Gasteiger partial charge >= 0.3 is 0 Å². The smallest absolute Gasteiger partial charge is 0.252 e. The minimum absolute atomic E-state index is 0. The topological polar surface area (TPSA) is 41.1 Å². The molecular formula is C10H12BrClN2OS. The van der Waals surface area contributed by atoms with E-state index >= 15 is 0 Å². The standard InChI is InChI=1S/C10H11BrN2OS.ClH/c11-8-1-5(4-15-8)10(14)13-9-6-2-12-3-7(6)9;/h1,4,6-7,9,12H,2-3H2,(H,13,14);1H. The van der Waals surface area contributed by atoms with Crippen molar-refractivity contribution in [3.05, 3.63) is 20.8 Å². The molecule has 0 spiro atoms. The highest BCUT2D eigenvalue weighted by Crippen LogP contribution is 2.41. The summed E-state index contributed by atoms with van der Waals surface area (Å²) in [5.41, 5.74) is 0.768. The van der Waals surface area contributed by atoms with Crippen LogP contribution in [0.1, 0.15) is 10.4 Å². The molecule has 1 aliphatic heterocycles. The lowest BCUT2D eigenvalue weighted by Gasteiger charge is -2.06. The maximum atomic E-state index is 11.8. The maximum absolute atomic E-state index is 11.8. The molecule has 2 aliphatic rings. The molecule has 1 saturated carbocycles. The summed E-state index contributed by atoms with van der Waals surface area (Å²) < 4.78 is 1.00. The fourth-order valence-corrected chi connectivity index (χ4v) is 3.43. The van der Waals surface area contributed by atoms with Crippen LogP contribution in [0.4, 0.5) is 0 Å². The second-order valence-corrected chi connectivity index (χ2v) is 6.42. The number of fused-ring (bicyclic) bond motifs is 1. The maximum Gasteiger partial charge on any atom is 0.252 e. The van der Waals surface area contributed by atoms with Gasteiger partial charge in [-0.15, -0.1) is 23.7 Å². The fourth-order valence-electron chi connectivity index (χ4n) is 2.30. The number of rotatable bonds is 2. The van der Waals surface area contributed by atoms with E-state index in [4.69, 9.17) is 0 Å². The molecule has 0 radical (unpaired) electrons. The van der Waals surface area contributed by atoms with Crippen LogP contribution in [0.3, 0.4) is 0 Å². The zero-order valence-corrected chi connectivity index (χ0v) is 11.6. The third-order valence-corrected chi connectivity index (χ3v) is 4.72. The summed E-state index contributed by atoms with van der Waals surface area (Å²) in [6.07, 6.45) is 0. The molecule has 1 amide bonds. The minimum Gasteiger partial charge on any atom is -0.349 e. The summed E-state index contributed by atoms with van der Waals surface area (Å²) in [6, 6.07) is 2.29. The number of thiophene rings is 1. The highest BCUT2D eigenvalue weighted by Gasteiger charge is 2.53. The Balaban J connectivity index is 0.000000963. The van der Waals surface area contributed by atoms with Crippen molar-refractivity contribution in [1.82, 2.24) is 10.6 Å². The van der Waals surface area contributed by atoms with Crippen LogP contribution in [0.2, 0.25) is 0 Å². The van der Waals surface area contributed by atoms with Crippen LogP contribution in [0, 0.1) is 11.8 Å². The fraction of sp³-hybridized carbons (Fsp3) is 0.500. The van der Waals surface area contributed by atoms with Gasteiger partial charge in [-0.3, -0.25) is 4.79 Å². The molecule has 2 atom stereocenters. The lowest BCUT2D eigenvalue weighted by molar-refractivity contribution is 0.0947. The zero-order valence-electron chi connectivity index (χ0n) is 8.40. The van der Waals surface area contributed by atoms with E-state index in [1.54, 1.807) is 11.3 Å². The lowest BCUT2D eigenvalue weighted by atomic mass is 10.3. The van der Waals surface area contributed by atoms with E-state index in [0.717, 1.165) is 22.4 Å². The molecule has 6 heteroatoms. The van der Waals surface area contributed by atoms with Gasteiger partial charge in [0, 0.05) is 24.5 Å². The van der Waals surface area contributed by atoms with Gasteiger partial charge in [-0.1, -0.05) is 0 Å². The van der Waals surface area contributed by atoms with E-state index in [0.29, 0.717) is 17.9 Å². The van der Waals surface area contributed by atoms with Crippen molar-refractivity contribution in [2.45, 2.75) is 6.04 Å². The number of amides is 1. The van der Waals surface area contributed by atoms with Crippen molar-refractivity contribution in [1.29, 1.82) is 0 Å². The number of nitrogens with one attached hydrogen (secondary N) is 2. The first kappa shape index (κ1) is 12.4. The van der Waals surface area contributed by atoms with Gasteiger partial charge in [-0.05, 0) is 33.8 Å². The molecule has 16 heavy (non-hydrogen) atoms. The minimum atomic E-state index is 0. The lowest BCUT2D eigenvalue weighted by Crippen LogP contribution is -2.32. The molecule has 3 rings (SSSR count). The molecule has 0 aromatic carbocycles. The van der Waals surface area contributed by atoms with Gasteiger partial charge in [0.2, 0.25) is 0 Å². The van der Waals surface area contributed by atoms with E-state index in [1.165, 1.54) is 0 Å². The Morgan fingerprint density at radius 2 is 2.19 bits per heavy atom. The molecule has 2 N–H and O–H groups in total. The predicted octanol–water partition coefficient (Wildman–Crippen LogP) is 1.88. The molecule has 3 nitrogen and oxygen atoms in total. The van der Waals surface area contributed by atoms with Crippen LogP contribution in [0.5, 0.6) is 0 Å². The van der Waals surface area contributed by atoms with Crippen LogP contribution in [0.25, 0.3) is 0 Å². The first-order chi connectivity index (χ1) is 7.25. The average molecular weight is 324 g/mol. The Labute approximate surface area is 113 Å². The highest BCUT2D eigenvalue weighted by molar-refractivity contribution is 9.11. The third kappa shape index (κ3) is 2.14. The number of carbonyl (C=O) groups is 1. The van der Waals surface area contributed by atoms with Gasteiger partial charge in [-0.25, -0.2) is 0 Å². The Kier molecular flexibility index (Phi) is 3.59. The number of carbonyl (C=O) groups excluding carboxylic acids is 1. The monoisotopic (exact) mass is 322 g/mol. The summed E-state index contributed by atoms with van der Waals surface area (Å²) in [5.74, 6) is 1.42. The molecule has 0 bridgehead atoms. The number of hydrogen-bond acceptors (Lipinski definition) is 3. The molecule has 2 unspecified atom stereocenters. The van der Waals surface area contributed by atoms with Crippen molar-refractivity contribution in [3.8, 4) is 0 Å². The van der Waals surface area contributed by atoms with E-state index in [2.05, 4.69) is 26.6 Å². The third-order valence-electron chi connectivity index (χ3n) is 3.22. The van der Waals surface area contributed by atoms with Crippen molar-refractivity contribution in [2.24, 2.45) is 11.8 Å². The van der Waals surface area contributed by atoms with E-state index < -0.39 is 0 Å². The highest BCUT2D eigenvalue weighted by atomic mass is 79.9. The normalized spacial score (nSPS) is 30.4. The second-order valence-electron chi connectivity index (χ2n) is 4.12. The Morgan fingerprint density at radius 3 is 2.75 bits per heavy atom. The molecule has 1 aromatic rings. The molecule has 1 saturated heterocycles. The second kappa shape index (κ2) is 4.64. The van der Waals surface area contributed by atoms with E-state index in [-0.39, 0.29) is 18.3 Å². The average Bonchev–Trinajstić information content (AvgIpc) is 2.66. The first-order valence-corrected chi connectivity index (χ1v) is 6.68. The largest absolute Gasteiger partial charge is 0.349 e. The van der Waals surface area contributed by atoms with Gasteiger partial charge in [-0.2, -0.15) is 0 Å². The quantitative estimate of drug-likeness (QED) is 0.872. The van der Waals surface area contributed by atoms with Crippen LogP contribution >= 0.6 is 39.7 Å². The Morgan fingerprint density at radius 1 is 1.50 bits per heavy atom. The summed E-state index contributed by atoms with van der Waals surface area (Å²) in [5, 5.41) is 8.29. The summed E-state index contributed by atoms with van der Waals surface area (Å²) in [6.45, 7) is 2.12. The van der Waals surface area contributed by atoms with Gasteiger partial charge < -0.3 is 10.6 Å². The molecule has 2 fully saturated rings. The van der Waals surface area contributed by atoms with Crippen LogP contribution in [0.15, 0.2) is 15.2 Å². The van der Waals surface area contributed by atoms with Crippen molar-refractivity contribution >= 4 is 45.6 Å². The van der Waals surface area contributed by atoms with Crippen molar-refractivity contribution in [2.75, 3.05) is 13.1 Å². The van der Waals surface area contributed by atoms with Crippen LogP contribution in [-0.4, -0.2) is 25.0 Å². The molecule has 1 aliphatic carbocycles. The van der Waals surface area contributed by atoms with E-state index in [1.807, 2.05) is 11.4 Å². The number of piperidine rings is 1. The van der Waals surface area contributed by atoms with Crippen molar-refractivity contribution in [3.63, 3.8) is 0 Å². The van der Waals surface area contributed by atoms with Gasteiger partial charge in [0.05, 0.1) is 9.35 Å². The predicted molar refractivity (Wildman–Crippen MR) is 70.4 cm³/mol. The Bertz CT molecular complexity index is 401. The summed E-state index contributed by atoms with van der Waals surface area (Å²) >= 11 is 4.90. The molecule has 88 valence electrons. The van der Waals surface area contributed by atoms with Crippen LogP contribution in [-0.2, 0) is 0 Å².